The predicted molar refractivity (Wildman–Crippen MR) is 91.6 cm³/mol. The molecule has 120 valence electrons. The largest absolute Gasteiger partial charge is 0.465 e. The molecule has 2 aromatic rings. The summed E-state index contributed by atoms with van der Waals surface area (Å²) in [5.41, 5.74) is 2.03. The fourth-order valence-electron chi connectivity index (χ4n) is 1.82. The molecular formula is C16H14Cl2N2O3. The van der Waals surface area contributed by atoms with Gasteiger partial charge in [0.1, 0.15) is 0 Å². The van der Waals surface area contributed by atoms with Gasteiger partial charge in [0.05, 0.1) is 23.4 Å². The van der Waals surface area contributed by atoms with Gasteiger partial charge >= 0.3 is 12.0 Å². The van der Waals surface area contributed by atoms with Crippen LogP contribution in [0.25, 0.3) is 0 Å². The number of hydrogen-bond acceptors (Lipinski definition) is 3. The second-order valence-electron chi connectivity index (χ2n) is 4.73. The van der Waals surface area contributed by atoms with Crippen molar-refractivity contribution in [3.63, 3.8) is 0 Å². The number of carbonyl (C=O) groups excluding carboxylic acids is 2. The van der Waals surface area contributed by atoms with Gasteiger partial charge < -0.3 is 15.4 Å². The number of nitrogens with one attached hydrogen (secondary N) is 2. The Kier molecular flexibility index (Phi) is 5.47. The molecule has 2 amide bonds. The summed E-state index contributed by atoms with van der Waals surface area (Å²) in [5.74, 6) is -0.518. The molecule has 0 saturated heterocycles. The third kappa shape index (κ3) is 4.37. The van der Waals surface area contributed by atoms with Crippen LogP contribution in [0.4, 0.5) is 16.2 Å². The molecular weight excluding hydrogens is 339 g/mol. The van der Waals surface area contributed by atoms with Crippen LogP contribution in [0.5, 0.6) is 0 Å². The van der Waals surface area contributed by atoms with E-state index in [0.29, 0.717) is 21.4 Å². The van der Waals surface area contributed by atoms with Crippen molar-refractivity contribution in [1.29, 1.82) is 0 Å². The summed E-state index contributed by atoms with van der Waals surface area (Å²) in [6.07, 6.45) is 0. The minimum atomic E-state index is -0.518. The minimum absolute atomic E-state index is 0.283. The molecule has 2 rings (SSSR count). The molecule has 0 bridgehead atoms. The molecule has 0 fully saturated rings. The standard InChI is InChI=1S/C16H14Cl2N2O3/c1-9-3-5-11(8-13(9)18)19-16(22)20-14-7-10(15(21)23-2)4-6-12(14)17/h3-8H,1-2H3,(H2,19,20,22). The van der Waals surface area contributed by atoms with Gasteiger partial charge in [-0.25, -0.2) is 9.59 Å². The number of hydrogen-bond donors (Lipinski definition) is 2. The first kappa shape index (κ1) is 17.1. The zero-order chi connectivity index (χ0) is 17.0. The Hall–Kier alpha value is -2.24. The molecule has 0 heterocycles. The quantitative estimate of drug-likeness (QED) is 0.784. The molecule has 0 aliphatic heterocycles. The van der Waals surface area contributed by atoms with Crippen molar-refractivity contribution in [2.45, 2.75) is 6.92 Å². The molecule has 0 aromatic heterocycles. The summed E-state index contributed by atoms with van der Waals surface area (Å²) in [7, 11) is 1.28. The highest BCUT2D eigenvalue weighted by molar-refractivity contribution is 6.34. The second kappa shape index (κ2) is 7.35. The summed E-state index contributed by atoms with van der Waals surface area (Å²) >= 11 is 12.0. The van der Waals surface area contributed by atoms with E-state index < -0.39 is 12.0 Å². The van der Waals surface area contributed by atoms with Crippen LogP contribution in [0, 0.1) is 6.92 Å². The first-order valence-electron chi connectivity index (χ1n) is 6.62. The van der Waals surface area contributed by atoms with Crippen LogP contribution in [0.1, 0.15) is 15.9 Å². The van der Waals surface area contributed by atoms with Crippen molar-refractivity contribution in [2.75, 3.05) is 17.7 Å². The summed E-state index contributed by atoms with van der Waals surface area (Å²) in [6.45, 7) is 1.87. The number of methoxy groups -OCH3 is 1. The molecule has 0 spiro atoms. The lowest BCUT2D eigenvalue weighted by molar-refractivity contribution is 0.0600. The number of esters is 1. The number of aryl methyl sites for hydroxylation is 1. The van der Waals surface area contributed by atoms with E-state index in [4.69, 9.17) is 23.2 Å². The summed E-state index contributed by atoms with van der Waals surface area (Å²) in [5, 5.41) is 6.07. The fraction of sp³-hybridized carbons (Fsp3) is 0.125. The number of rotatable bonds is 3. The van der Waals surface area contributed by atoms with Crippen molar-refractivity contribution in [3.8, 4) is 0 Å². The van der Waals surface area contributed by atoms with Crippen molar-refractivity contribution in [2.24, 2.45) is 0 Å². The first-order chi connectivity index (χ1) is 10.9. The molecule has 0 radical (unpaired) electrons. The maximum Gasteiger partial charge on any atom is 0.337 e. The van der Waals surface area contributed by atoms with Crippen LogP contribution in [-0.4, -0.2) is 19.1 Å². The minimum Gasteiger partial charge on any atom is -0.465 e. The molecule has 0 unspecified atom stereocenters. The number of ether oxygens (including phenoxy) is 1. The lowest BCUT2D eigenvalue weighted by atomic mass is 10.2. The Morgan fingerprint density at radius 1 is 1.00 bits per heavy atom. The van der Waals surface area contributed by atoms with E-state index in [1.807, 2.05) is 6.92 Å². The third-order valence-corrected chi connectivity index (χ3v) is 3.80. The van der Waals surface area contributed by atoms with Crippen molar-refractivity contribution in [1.82, 2.24) is 0 Å². The van der Waals surface area contributed by atoms with E-state index in [1.165, 1.54) is 25.3 Å². The van der Waals surface area contributed by atoms with Crippen LogP contribution >= 0.6 is 23.2 Å². The molecule has 0 aliphatic rings. The molecule has 0 saturated carbocycles. The molecule has 0 atom stereocenters. The van der Waals surface area contributed by atoms with Gasteiger partial charge in [0.15, 0.2) is 0 Å². The zero-order valence-corrected chi connectivity index (χ0v) is 14.0. The Balaban J connectivity index is 2.13. The first-order valence-corrected chi connectivity index (χ1v) is 7.38. The van der Waals surface area contributed by atoms with Crippen molar-refractivity contribution in [3.05, 3.63) is 57.6 Å². The molecule has 2 aromatic carbocycles. The number of benzene rings is 2. The fourth-order valence-corrected chi connectivity index (χ4v) is 2.17. The van der Waals surface area contributed by atoms with Gasteiger partial charge in [-0.2, -0.15) is 0 Å². The van der Waals surface area contributed by atoms with E-state index in [0.717, 1.165) is 5.56 Å². The lowest BCUT2D eigenvalue weighted by Crippen LogP contribution is -2.20. The topological polar surface area (TPSA) is 67.4 Å². The van der Waals surface area contributed by atoms with E-state index in [-0.39, 0.29) is 5.56 Å². The zero-order valence-electron chi connectivity index (χ0n) is 12.4. The van der Waals surface area contributed by atoms with E-state index in [1.54, 1.807) is 18.2 Å². The molecule has 23 heavy (non-hydrogen) atoms. The van der Waals surface area contributed by atoms with Crippen LogP contribution in [0.3, 0.4) is 0 Å². The van der Waals surface area contributed by atoms with Crippen LogP contribution in [0.15, 0.2) is 36.4 Å². The number of amides is 2. The highest BCUT2D eigenvalue weighted by Gasteiger charge is 2.11. The van der Waals surface area contributed by atoms with Crippen molar-refractivity contribution < 1.29 is 14.3 Å². The maximum absolute atomic E-state index is 12.0. The Morgan fingerprint density at radius 3 is 2.39 bits per heavy atom. The highest BCUT2D eigenvalue weighted by atomic mass is 35.5. The average Bonchev–Trinajstić information content (AvgIpc) is 2.52. The van der Waals surface area contributed by atoms with Gasteiger partial charge in [0.25, 0.3) is 0 Å². The maximum atomic E-state index is 12.0. The molecule has 0 aliphatic carbocycles. The smallest absolute Gasteiger partial charge is 0.337 e. The Morgan fingerprint density at radius 2 is 1.74 bits per heavy atom. The van der Waals surface area contributed by atoms with Gasteiger partial charge in [-0.15, -0.1) is 0 Å². The van der Waals surface area contributed by atoms with Crippen LogP contribution in [-0.2, 0) is 4.74 Å². The van der Waals surface area contributed by atoms with Gasteiger partial charge in [0, 0.05) is 10.7 Å². The lowest BCUT2D eigenvalue weighted by Gasteiger charge is -2.11. The van der Waals surface area contributed by atoms with Crippen LogP contribution in [0.2, 0.25) is 10.0 Å². The third-order valence-electron chi connectivity index (χ3n) is 3.07. The molecule has 5 nitrogen and oxygen atoms in total. The molecule has 7 heteroatoms. The van der Waals surface area contributed by atoms with E-state index >= 15 is 0 Å². The average molecular weight is 353 g/mol. The van der Waals surface area contributed by atoms with Gasteiger partial charge in [-0.05, 0) is 42.8 Å². The van der Waals surface area contributed by atoms with Crippen molar-refractivity contribution >= 4 is 46.6 Å². The normalized spacial score (nSPS) is 10.1. The number of carbonyl (C=O) groups is 2. The summed E-state index contributed by atoms with van der Waals surface area (Å²) in [4.78, 5) is 23.6. The van der Waals surface area contributed by atoms with Crippen LogP contribution < -0.4 is 10.6 Å². The van der Waals surface area contributed by atoms with E-state index in [9.17, 15) is 9.59 Å². The number of anilines is 2. The predicted octanol–water partition coefficient (Wildman–Crippen LogP) is 4.73. The Labute approximate surface area is 143 Å². The van der Waals surface area contributed by atoms with Gasteiger partial charge in [0.2, 0.25) is 0 Å². The summed E-state index contributed by atoms with van der Waals surface area (Å²) < 4.78 is 4.63. The highest BCUT2D eigenvalue weighted by Crippen LogP contribution is 2.24. The van der Waals surface area contributed by atoms with Gasteiger partial charge in [-0.3, -0.25) is 0 Å². The Bertz CT molecular complexity index is 763. The summed E-state index contributed by atoms with van der Waals surface area (Å²) in [6, 6.07) is 9.12. The van der Waals surface area contributed by atoms with Gasteiger partial charge in [-0.1, -0.05) is 29.3 Å². The number of urea groups is 1. The number of halogens is 2. The SMILES string of the molecule is COC(=O)c1ccc(Cl)c(NC(=O)Nc2ccc(C)c(Cl)c2)c1. The van der Waals surface area contributed by atoms with E-state index in [2.05, 4.69) is 15.4 Å². The monoisotopic (exact) mass is 352 g/mol. The second-order valence-corrected chi connectivity index (χ2v) is 5.54. The molecule has 2 N–H and O–H groups in total.